The number of amides is 1. The van der Waals surface area contributed by atoms with Gasteiger partial charge in [-0.1, -0.05) is 53.5 Å². The molecule has 0 fully saturated rings. The Hall–Kier alpha value is -1.77. The highest BCUT2D eigenvalue weighted by Crippen LogP contribution is 2.27. The van der Waals surface area contributed by atoms with E-state index in [-0.39, 0.29) is 5.91 Å². The second-order valence-electron chi connectivity index (χ2n) is 5.28. The Balaban J connectivity index is 1.89. The number of rotatable bonds is 2. The SMILES string of the molecule is O=C(c1cc(Cl)cc(Cl)c1)N1C=C(c2ccccc2)CCC1. The molecular weight excluding hydrogens is 317 g/mol. The lowest BCUT2D eigenvalue weighted by Crippen LogP contribution is -2.29. The van der Waals surface area contributed by atoms with E-state index in [9.17, 15) is 4.79 Å². The maximum absolute atomic E-state index is 12.6. The average Bonchev–Trinajstić information content (AvgIpc) is 2.54. The van der Waals surface area contributed by atoms with E-state index in [1.54, 1.807) is 23.1 Å². The molecular formula is C18H15Cl2NO. The summed E-state index contributed by atoms with van der Waals surface area (Å²) in [5.74, 6) is -0.0717. The van der Waals surface area contributed by atoms with E-state index in [0.29, 0.717) is 22.2 Å². The van der Waals surface area contributed by atoms with Gasteiger partial charge in [0.25, 0.3) is 5.91 Å². The molecule has 0 spiro atoms. The summed E-state index contributed by atoms with van der Waals surface area (Å²) in [5.41, 5.74) is 2.85. The fourth-order valence-electron chi connectivity index (χ4n) is 2.63. The van der Waals surface area contributed by atoms with Gasteiger partial charge in [-0.15, -0.1) is 0 Å². The molecule has 1 aliphatic rings. The summed E-state index contributed by atoms with van der Waals surface area (Å²) in [5, 5.41) is 0.945. The van der Waals surface area contributed by atoms with Crippen LogP contribution in [-0.4, -0.2) is 17.4 Å². The predicted molar refractivity (Wildman–Crippen MR) is 91.2 cm³/mol. The van der Waals surface area contributed by atoms with Gasteiger partial charge in [0.15, 0.2) is 0 Å². The zero-order valence-corrected chi connectivity index (χ0v) is 13.4. The lowest BCUT2D eigenvalue weighted by Gasteiger charge is -2.25. The molecule has 0 saturated heterocycles. The number of allylic oxidation sites excluding steroid dienone is 1. The van der Waals surface area contributed by atoms with Crippen LogP contribution in [0.5, 0.6) is 0 Å². The van der Waals surface area contributed by atoms with Crippen molar-refractivity contribution in [2.75, 3.05) is 6.54 Å². The largest absolute Gasteiger partial charge is 0.315 e. The Bertz CT molecular complexity index is 705. The van der Waals surface area contributed by atoms with Gasteiger partial charge in [-0.3, -0.25) is 4.79 Å². The predicted octanol–water partition coefficient (Wildman–Crippen LogP) is 5.27. The minimum Gasteiger partial charge on any atom is -0.315 e. The summed E-state index contributed by atoms with van der Waals surface area (Å²) in [6, 6.07) is 15.1. The molecule has 1 aliphatic heterocycles. The monoisotopic (exact) mass is 331 g/mol. The van der Waals surface area contributed by atoms with Crippen LogP contribution in [0.2, 0.25) is 10.0 Å². The van der Waals surface area contributed by atoms with Crippen molar-refractivity contribution in [1.82, 2.24) is 4.90 Å². The second kappa shape index (κ2) is 6.55. The Labute approximate surface area is 140 Å². The number of nitrogens with zero attached hydrogens (tertiary/aromatic N) is 1. The molecule has 0 aliphatic carbocycles. The molecule has 2 aromatic rings. The second-order valence-corrected chi connectivity index (χ2v) is 6.15. The lowest BCUT2D eigenvalue weighted by atomic mass is 9.99. The van der Waals surface area contributed by atoms with E-state index >= 15 is 0 Å². The first kappa shape index (κ1) is 15.1. The minimum atomic E-state index is -0.0717. The van der Waals surface area contributed by atoms with Gasteiger partial charge in [0.05, 0.1) is 0 Å². The van der Waals surface area contributed by atoms with E-state index < -0.39 is 0 Å². The highest BCUT2D eigenvalue weighted by molar-refractivity contribution is 6.35. The van der Waals surface area contributed by atoms with Crippen LogP contribution in [0.15, 0.2) is 54.7 Å². The van der Waals surface area contributed by atoms with Crippen LogP contribution in [-0.2, 0) is 0 Å². The maximum atomic E-state index is 12.6. The van der Waals surface area contributed by atoms with Gasteiger partial charge < -0.3 is 4.90 Å². The highest BCUT2D eigenvalue weighted by Gasteiger charge is 2.19. The van der Waals surface area contributed by atoms with Gasteiger partial charge in [0.2, 0.25) is 0 Å². The van der Waals surface area contributed by atoms with Gasteiger partial charge in [0.1, 0.15) is 0 Å². The van der Waals surface area contributed by atoms with E-state index in [1.807, 2.05) is 24.4 Å². The topological polar surface area (TPSA) is 20.3 Å². The zero-order valence-electron chi connectivity index (χ0n) is 11.9. The van der Waals surface area contributed by atoms with Gasteiger partial charge in [-0.2, -0.15) is 0 Å². The van der Waals surface area contributed by atoms with Crippen LogP contribution in [0.25, 0.3) is 5.57 Å². The molecule has 22 heavy (non-hydrogen) atoms. The molecule has 1 heterocycles. The van der Waals surface area contributed by atoms with Crippen molar-refractivity contribution in [2.24, 2.45) is 0 Å². The van der Waals surface area contributed by atoms with Crippen LogP contribution < -0.4 is 0 Å². The summed E-state index contributed by atoms with van der Waals surface area (Å²) in [6.07, 6.45) is 3.86. The maximum Gasteiger partial charge on any atom is 0.257 e. The Morgan fingerprint density at radius 3 is 2.36 bits per heavy atom. The Morgan fingerprint density at radius 1 is 1.00 bits per heavy atom. The molecule has 0 N–H and O–H groups in total. The normalized spacial score (nSPS) is 14.6. The average molecular weight is 332 g/mol. The van der Waals surface area contributed by atoms with Crippen LogP contribution in [0.3, 0.4) is 0 Å². The number of halogens is 2. The van der Waals surface area contributed by atoms with Crippen molar-refractivity contribution < 1.29 is 4.79 Å². The van der Waals surface area contributed by atoms with Gasteiger partial charge in [-0.25, -0.2) is 0 Å². The third kappa shape index (κ3) is 3.34. The summed E-state index contributed by atoms with van der Waals surface area (Å²) < 4.78 is 0. The fourth-order valence-corrected chi connectivity index (χ4v) is 3.16. The van der Waals surface area contributed by atoms with Gasteiger partial charge in [-0.05, 0) is 42.2 Å². The van der Waals surface area contributed by atoms with Crippen molar-refractivity contribution in [3.63, 3.8) is 0 Å². The molecule has 0 radical (unpaired) electrons. The first-order chi connectivity index (χ1) is 10.6. The molecule has 0 saturated carbocycles. The first-order valence-electron chi connectivity index (χ1n) is 7.17. The summed E-state index contributed by atoms with van der Waals surface area (Å²) in [4.78, 5) is 14.4. The molecule has 2 aromatic carbocycles. The zero-order chi connectivity index (χ0) is 15.5. The van der Waals surface area contributed by atoms with Crippen LogP contribution in [0.1, 0.15) is 28.8 Å². The van der Waals surface area contributed by atoms with E-state index in [1.165, 1.54) is 5.57 Å². The summed E-state index contributed by atoms with van der Waals surface area (Å²) in [7, 11) is 0. The quantitative estimate of drug-likeness (QED) is 0.733. The standard InChI is InChI=1S/C18H15Cl2NO/c19-16-9-15(10-17(20)11-16)18(22)21-8-4-7-14(12-21)13-5-2-1-3-6-13/h1-3,5-6,9-12H,4,7-8H2. The van der Waals surface area contributed by atoms with Gasteiger partial charge >= 0.3 is 0 Å². The van der Waals surface area contributed by atoms with Crippen molar-refractivity contribution in [3.8, 4) is 0 Å². The molecule has 0 unspecified atom stereocenters. The van der Waals surface area contributed by atoms with Crippen molar-refractivity contribution >= 4 is 34.7 Å². The molecule has 2 nitrogen and oxygen atoms in total. The van der Waals surface area contributed by atoms with E-state index in [0.717, 1.165) is 18.4 Å². The van der Waals surface area contributed by atoms with E-state index in [2.05, 4.69) is 12.1 Å². The Kier molecular flexibility index (Phi) is 4.51. The molecule has 0 atom stereocenters. The smallest absolute Gasteiger partial charge is 0.257 e. The minimum absolute atomic E-state index is 0.0717. The molecule has 4 heteroatoms. The molecule has 0 bridgehead atoms. The molecule has 112 valence electrons. The Morgan fingerprint density at radius 2 is 1.68 bits per heavy atom. The van der Waals surface area contributed by atoms with Crippen LogP contribution in [0, 0.1) is 0 Å². The van der Waals surface area contributed by atoms with Gasteiger partial charge in [0, 0.05) is 28.4 Å². The number of benzene rings is 2. The molecule has 3 rings (SSSR count). The lowest BCUT2D eigenvalue weighted by molar-refractivity contribution is 0.0817. The summed E-state index contributed by atoms with van der Waals surface area (Å²) in [6.45, 7) is 0.708. The molecule has 1 amide bonds. The number of hydrogen-bond acceptors (Lipinski definition) is 1. The number of hydrogen-bond donors (Lipinski definition) is 0. The van der Waals surface area contributed by atoms with Crippen molar-refractivity contribution in [3.05, 3.63) is 75.9 Å². The summed E-state index contributed by atoms with van der Waals surface area (Å²) >= 11 is 12.0. The van der Waals surface area contributed by atoms with E-state index in [4.69, 9.17) is 23.2 Å². The number of carbonyl (C=O) groups is 1. The van der Waals surface area contributed by atoms with Crippen LogP contribution in [0.4, 0.5) is 0 Å². The van der Waals surface area contributed by atoms with Crippen molar-refractivity contribution in [1.29, 1.82) is 0 Å². The van der Waals surface area contributed by atoms with Crippen LogP contribution >= 0.6 is 23.2 Å². The highest BCUT2D eigenvalue weighted by atomic mass is 35.5. The third-order valence-corrected chi connectivity index (χ3v) is 4.11. The molecule has 0 aromatic heterocycles. The first-order valence-corrected chi connectivity index (χ1v) is 7.92. The third-order valence-electron chi connectivity index (χ3n) is 3.67. The van der Waals surface area contributed by atoms with Crippen molar-refractivity contribution in [2.45, 2.75) is 12.8 Å². The fraction of sp³-hybridized carbons (Fsp3) is 0.167. The number of carbonyl (C=O) groups excluding carboxylic acids is 1.